The Labute approximate surface area is 702 Å². The predicted octanol–water partition coefficient (Wildman–Crippen LogP) is 33.0. The molecular formula is C103H166ClF5N2O3. The summed E-state index contributed by atoms with van der Waals surface area (Å²) in [4.78, 5) is 17.2. The Bertz CT molecular complexity index is 3430. The fourth-order valence-corrected chi connectivity index (χ4v) is 11.8. The van der Waals surface area contributed by atoms with Crippen LogP contribution in [0.5, 0.6) is 11.5 Å². The quantitative estimate of drug-likeness (QED) is 0.0565. The summed E-state index contributed by atoms with van der Waals surface area (Å²) in [6.07, 6.45) is 25.8. The van der Waals surface area contributed by atoms with E-state index in [1.807, 2.05) is 62.3 Å². The average Bonchev–Trinajstić information content (AvgIpc) is 1.17. The molecule has 2 aliphatic rings. The SMILES string of the molecule is CC(C)(C)CCN1CCCC1=O.CC(C)(C)CCc1cc(F)cc(F)c1.CC(C)(C)CCc1ccc2c(c1)OCO2.CC(C)(C)CCc1cccc(Cl)c1.CC(C)(C)CCc1ccccc1C(F)(F)F.CC(C)(C)CCc1ccncc1.CCCCC(C)(C)C.CCCCCCC(C)(C)C.Cc1cc(C)cc(CCC(C)(C)C)c1. The minimum Gasteiger partial charge on any atom is -0.454 e. The third-order valence-corrected chi connectivity index (χ3v) is 19.2. The molecule has 11 heteroatoms. The normalized spacial score (nSPS) is 13.0. The fraction of sp³-hybridized carbons (Fsp3) is 0.650. The molecule has 1 aromatic heterocycles. The Morgan fingerprint density at radius 1 is 0.395 bits per heavy atom. The molecule has 0 radical (unpaired) electrons. The third kappa shape index (κ3) is 63.4. The second-order valence-corrected chi connectivity index (χ2v) is 43.2. The number of benzene rings is 5. The van der Waals surface area contributed by atoms with Gasteiger partial charge in [0, 0.05) is 43.0 Å². The summed E-state index contributed by atoms with van der Waals surface area (Å²) in [5.74, 6) is 1.12. The predicted molar refractivity (Wildman–Crippen MR) is 486 cm³/mol. The lowest BCUT2D eigenvalue weighted by atomic mass is 9.87. The van der Waals surface area contributed by atoms with Crippen molar-refractivity contribution in [3.8, 4) is 11.5 Å². The number of likely N-dealkylation sites (tertiary alicyclic amines) is 1. The first-order valence-electron chi connectivity index (χ1n) is 43.1. The maximum absolute atomic E-state index is 12.8. The van der Waals surface area contributed by atoms with Gasteiger partial charge in [0.05, 0.1) is 5.56 Å². The van der Waals surface area contributed by atoms with Crippen molar-refractivity contribution in [2.75, 3.05) is 19.9 Å². The first-order valence-corrected chi connectivity index (χ1v) is 43.5. The van der Waals surface area contributed by atoms with Crippen molar-refractivity contribution in [2.45, 2.75) is 368 Å². The molecule has 1 amide bonds. The van der Waals surface area contributed by atoms with Crippen molar-refractivity contribution >= 4 is 17.5 Å². The number of ether oxygens (including phenoxy) is 2. The summed E-state index contributed by atoms with van der Waals surface area (Å²) in [7, 11) is 0. The molecule has 0 saturated carbocycles. The maximum atomic E-state index is 12.8. The molecule has 2 aliphatic heterocycles. The first-order chi connectivity index (χ1) is 52.1. The molecule has 0 aliphatic carbocycles. The third-order valence-electron chi connectivity index (χ3n) is 18.9. The smallest absolute Gasteiger partial charge is 0.416 e. The van der Waals surface area contributed by atoms with Crippen molar-refractivity contribution in [1.29, 1.82) is 0 Å². The molecule has 3 heterocycles. The standard InChI is InChI=1S/C14H22.C13H17F3.C13H18O2.C12H17Cl.C12H16F2.C11H17N.C10H19NO.C10H22.C8H18/c1-11-8-12(2)10-13(9-11)6-7-14(3,4)5;1-12(2,3)9-8-10-6-4-5-7-11(10)13(14,15)16;1-13(2,3)7-6-10-4-5-11-12(8-10)15-9-14-11;1-12(2,3)8-7-10-5-4-6-11(13)9-10;1-12(2,3)5-4-9-6-10(13)8-11(14)7-9;1-11(2,3)7-4-10-5-8-12-9-6-10;1-10(2,3)6-8-11-7-4-5-9(11)12;1-5-6-7-8-9-10(2,3)4;1-5-6-7-8(2,3)4/h8-10H,6-7H2,1-5H3;4-7H,8-9H2,1-3H3;4-5,8H,6-7,9H2,1-3H3;4-6,9H,7-8H2,1-3H3;6-8H,4-5H2,1-3H3;5-6,8-9H,4,7H2,1-3H3;4-8H2,1-3H3;5-9H2,1-4H3;5-7H2,1-4H3. The van der Waals surface area contributed by atoms with E-state index in [1.54, 1.807) is 12.1 Å². The van der Waals surface area contributed by atoms with E-state index in [0.29, 0.717) is 62.6 Å². The second kappa shape index (κ2) is 52.2. The van der Waals surface area contributed by atoms with Gasteiger partial charge in [-0.2, -0.15) is 13.2 Å². The topological polar surface area (TPSA) is 51.7 Å². The first kappa shape index (κ1) is 108. The number of unbranched alkanes of at least 4 members (excludes halogenated alkanes) is 4. The molecule has 8 rings (SSSR count). The molecule has 5 nitrogen and oxygen atoms in total. The van der Waals surface area contributed by atoms with Crippen molar-refractivity contribution in [2.24, 2.45) is 48.7 Å². The number of hydrogen-bond acceptors (Lipinski definition) is 4. The number of rotatable bonds is 20. The van der Waals surface area contributed by atoms with Crippen LogP contribution in [-0.4, -0.2) is 35.7 Å². The van der Waals surface area contributed by atoms with Crippen molar-refractivity contribution < 1.29 is 36.2 Å². The second-order valence-electron chi connectivity index (χ2n) is 42.8. The molecular weight excluding hydrogens is 1440 g/mol. The zero-order valence-electron chi connectivity index (χ0n) is 78.4. The van der Waals surface area contributed by atoms with E-state index in [9.17, 15) is 26.7 Å². The molecule has 5 aromatic carbocycles. The number of nitrogens with zero attached hydrogens (tertiary/aromatic N) is 2. The van der Waals surface area contributed by atoms with Gasteiger partial charge in [-0.3, -0.25) is 9.78 Å². The van der Waals surface area contributed by atoms with Crippen LogP contribution in [0.1, 0.15) is 360 Å². The van der Waals surface area contributed by atoms with Gasteiger partial charge >= 0.3 is 6.18 Å². The van der Waals surface area contributed by atoms with Crippen LogP contribution in [0.25, 0.3) is 0 Å². The lowest BCUT2D eigenvalue weighted by molar-refractivity contribution is -0.138. The van der Waals surface area contributed by atoms with Gasteiger partial charge < -0.3 is 14.4 Å². The van der Waals surface area contributed by atoms with E-state index >= 15 is 0 Å². The van der Waals surface area contributed by atoms with Crippen LogP contribution in [0, 0.1) is 74.2 Å². The lowest BCUT2D eigenvalue weighted by Gasteiger charge is -2.22. The highest BCUT2D eigenvalue weighted by atomic mass is 35.5. The van der Waals surface area contributed by atoms with Gasteiger partial charge in [-0.1, -0.05) is 317 Å². The van der Waals surface area contributed by atoms with Gasteiger partial charge in [-0.15, -0.1) is 0 Å². The van der Waals surface area contributed by atoms with Crippen LogP contribution in [0.2, 0.25) is 5.02 Å². The molecule has 0 atom stereocenters. The lowest BCUT2D eigenvalue weighted by Crippen LogP contribution is -2.28. The molecule has 1 saturated heterocycles. The zero-order valence-corrected chi connectivity index (χ0v) is 79.2. The van der Waals surface area contributed by atoms with Gasteiger partial charge in [-0.05, 0) is 253 Å². The van der Waals surface area contributed by atoms with Crippen molar-refractivity contribution in [3.63, 3.8) is 0 Å². The number of aryl methyl sites for hydroxylation is 8. The van der Waals surface area contributed by atoms with Crippen LogP contribution >= 0.6 is 11.6 Å². The number of amides is 1. The Morgan fingerprint density at radius 3 is 1.23 bits per heavy atom. The van der Waals surface area contributed by atoms with Crippen LogP contribution in [-0.2, 0) is 49.5 Å². The van der Waals surface area contributed by atoms with Crippen LogP contribution in [0.15, 0.2) is 128 Å². The molecule has 0 N–H and O–H groups in total. The molecule has 648 valence electrons. The Hall–Kier alpha value is -5.74. The summed E-state index contributed by atoms with van der Waals surface area (Å²) >= 11 is 5.89. The number of carbonyl (C=O) groups is 1. The largest absolute Gasteiger partial charge is 0.454 e. The number of hydrogen-bond donors (Lipinski definition) is 0. The van der Waals surface area contributed by atoms with Crippen molar-refractivity contribution in [3.05, 3.63) is 194 Å². The Morgan fingerprint density at radius 2 is 0.807 bits per heavy atom. The zero-order chi connectivity index (χ0) is 87.6. The van der Waals surface area contributed by atoms with E-state index in [-0.39, 0.29) is 10.8 Å². The van der Waals surface area contributed by atoms with Gasteiger partial charge in [0.2, 0.25) is 12.7 Å². The monoisotopic (exact) mass is 1610 g/mol. The molecule has 6 aromatic rings. The summed E-state index contributed by atoms with van der Waals surface area (Å²) in [5.41, 5.74) is 12.3. The van der Waals surface area contributed by atoms with E-state index in [4.69, 9.17) is 21.1 Å². The highest BCUT2D eigenvalue weighted by Gasteiger charge is 2.33. The molecule has 0 bridgehead atoms. The maximum Gasteiger partial charge on any atom is 0.416 e. The average molecular weight is 1610 g/mol. The Kier molecular flexibility index (Phi) is 49.6. The van der Waals surface area contributed by atoms with Gasteiger partial charge in [0.1, 0.15) is 11.6 Å². The van der Waals surface area contributed by atoms with Crippen molar-refractivity contribution in [1.82, 2.24) is 9.88 Å². The number of pyridine rings is 1. The highest BCUT2D eigenvalue weighted by molar-refractivity contribution is 6.30. The van der Waals surface area contributed by atoms with Gasteiger partial charge in [-0.25, -0.2) is 8.78 Å². The van der Waals surface area contributed by atoms with Gasteiger partial charge in [0.15, 0.2) is 11.5 Å². The van der Waals surface area contributed by atoms with E-state index < -0.39 is 23.4 Å². The van der Waals surface area contributed by atoms with E-state index in [0.717, 1.165) is 105 Å². The molecule has 0 unspecified atom stereocenters. The minimum absolute atomic E-state index is 0.0543. The number of alkyl halides is 3. The summed E-state index contributed by atoms with van der Waals surface area (Å²) in [5, 5.41) is 0.839. The molecule has 114 heavy (non-hydrogen) atoms. The molecule has 0 spiro atoms. The molecule has 1 fully saturated rings. The van der Waals surface area contributed by atoms with E-state index in [2.05, 4.69) is 247 Å². The van der Waals surface area contributed by atoms with Gasteiger partial charge in [0.25, 0.3) is 0 Å². The number of aromatic nitrogens is 1. The Balaban J connectivity index is 0.00000127. The summed E-state index contributed by atoms with van der Waals surface area (Å²) in [6, 6.07) is 34.9. The number of carbonyl (C=O) groups excluding carboxylic acids is 1. The van der Waals surface area contributed by atoms with E-state index in [1.165, 1.54) is 135 Å². The summed E-state index contributed by atoms with van der Waals surface area (Å²) in [6.45, 7) is 71.4. The van der Waals surface area contributed by atoms with Crippen LogP contribution < -0.4 is 9.47 Å². The fourth-order valence-electron chi connectivity index (χ4n) is 11.6. The minimum atomic E-state index is -4.24. The van der Waals surface area contributed by atoms with Crippen LogP contribution in [0.4, 0.5) is 22.0 Å². The summed E-state index contributed by atoms with van der Waals surface area (Å²) < 4.78 is 74.2. The number of fused-ring (bicyclic) bond motifs is 1. The number of halogens is 6. The van der Waals surface area contributed by atoms with Crippen LogP contribution in [0.3, 0.4) is 0 Å². The highest BCUT2D eigenvalue weighted by Crippen LogP contribution is 2.36.